The molecule has 0 radical (unpaired) electrons. The number of amides is 2. The molecule has 92 valence electrons. The van der Waals surface area contributed by atoms with Crippen molar-refractivity contribution in [3.8, 4) is 5.75 Å². The number of urea groups is 1. The number of benzene rings is 1. The zero-order valence-electron chi connectivity index (χ0n) is 8.99. The molecule has 0 aliphatic rings. The first-order valence-corrected chi connectivity index (χ1v) is 4.63. The van der Waals surface area contributed by atoms with Crippen LogP contribution in [0.25, 0.3) is 0 Å². The number of aliphatic carboxylic acids is 1. The summed E-state index contributed by atoms with van der Waals surface area (Å²) in [7, 11) is 1.30. The summed E-state index contributed by atoms with van der Waals surface area (Å²) < 4.78 is 17.8. The molecule has 0 bridgehead atoms. The molecule has 7 heteroatoms. The molecule has 0 aliphatic heterocycles. The van der Waals surface area contributed by atoms with Gasteiger partial charge in [0.25, 0.3) is 0 Å². The molecule has 0 aliphatic carbocycles. The second-order valence-corrected chi connectivity index (χ2v) is 3.05. The Morgan fingerprint density at radius 3 is 2.76 bits per heavy atom. The molecule has 1 aromatic rings. The van der Waals surface area contributed by atoms with Crippen molar-refractivity contribution in [3.05, 3.63) is 24.0 Å². The highest BCUT2D eigenvalue weighted by atomic mass is 19.1. The van der Waals surface area contributed by atoms with Gasteiger partial charge in [0.2, 0.25) is 0 Å². The Kier molecular flexibility index (Phi) is 4.27. The maximum absolute atomic E-state index is 13.0. The summed E-state index contributed by atoms with van der Waals surface area (Å²) in [6, 6.07) is 3.06. The van der Waals surface area contributed by atoms with Crippen molar-refractivity contribution in [2.24, 2.45) is 0 Å². The summed E-state index contributed by atoms with van der Waals surface area (Å²) in [6.45, 7) is -0.496. The molecule has 0 spiro atoms. The average Bonchev–Trinajstić information content (AvgIpc) is 2.29. The molecule has 0 saturated heterocycles. The quantitative estimate of drug-likeness (QED) is 0.736. The zero-order chi connectivity index (χ0) is 12.8. The van der Waals surface area contributed by atoms with Crippen LogP contribution >= 0.6 is 0 Å². The number of nitrogens with one attached hydrogen (secondary N) is 2. The van der Waals surface area contributed by atoms with Crippen LogP contribution in [0.3, 0.4) is 0 Å². The van der Waals surface area contributed by atoms with Crippen LogP contribution in [-0.2, 0) is 4.79 Å². The Balaban J connectivity index is 2.62. The normalized spacial score (nSPS) is 9.53. The SMILES string of the molecule is COc1cc(NC(=O)NCC(=O)O)ccc1F. The van der Waals surface area contributed by atoms with E-state index >= 15 is 0 Å². The standard InChI is InChI=1S/C10H11FN2O4/c1-17-8-4-6(2-3-7(8)11)13-10(16)12-5-9(14)15/h2-4H,5H2,1H3,(H,14,15)(H2,12,13,16). The molecule has 2 amide bonds. The molecule has 3 N–H and O–H groups in total. The Bertz CT molecular complexity index is 436. The summed E-state index contributed by atoms with van der Waals surface area (Å²) in [5.41, 5.74) is 0.297. The first-order valence-electron chi connectivity index (χ1n) is 4.63. The number of ether oxygens (including phenoxy) is 1. The van der Waals surface area contributed by atoms with E-state index in [0.29, 0.717) is 5.69 Å². The summed E-state index contributed by atoms with van der Waals surface area (Å²) in [5.74, 6) is -1.72. The van der Waals surface area contributed by atoms with Gasteiger partial charge in [-0.3, -0.25) is 4.79 Å². The molecular formula is C10H11FN2O4. The lowest BCUT2D eigenvalue weighted by atomic mass is 10.3. The number of hydrogen-bond acceptors (Lipinski definition) is 3. The van der Waals surface area contributed by atoms with Gasteiger partial charge in [0, 0.05) is 11.8 Å². The van der Waals surface area contributed by atoms with Gasteiger partial charge in [-0.1, -0.05) is 0 Å². The van der Waals surface area contributed by atoms with Crippen LogP contribution in [0, 0.1) is 5.82 Å². The Morgan fingerprint density at radius 1 is 1.47 bits per heavy atom. The number of carbonyl (C=O) groups excluding carboxylic acids is 1. The van der Waals surface area contributed by atoms with Crippen molar-refractivity contribution in [2.75, 3.05) is 19.0 Å². The Hall–Kier alpha value is -2.31. The summed E-state index contributed by atoms with van der Waals surface area (Å²) >= 11 is 0. The number of rotatable bonds is 4. The molecule has 0 heterocycles. The fourth-order valence-corrected chi connectivity index (χ4v) is 1.07. The number of anilines is 1. The van der Waals surface area contributed by atoms with Crippen molar-refractivity contribution in [1.82, 2.24) is 5.32 Å². The lowest BCUT2D eigenvalue weighted by molar-refractivity contribution is -0.135. The van der Waals surface area contributed by atoms with E-state index in [9.17, 15) is 14.0 Å². The minimum Gasteiger partial charge on any atom is -0.494 e. The number of halogens is 1. The molecule has 17 heavy (non-hydrogen) atoms. The van der Waals surface area contributed by atoms with Crippen LogP contribution in [0.4, 0.5) is 14.9 Å². The topological polar surface area (TPSA) is 87.7 Å². The van der Waals surface area contributed by atoms with Gasteiger partial charge in [0.05, 0.1) is 7.11 Å². The summed E-state index contributed by atoms with van der Waals surface area (Å²) in [4.78, 5) is 21.4. The van der Waals surface area contributed by atoms with E-state index in [4.69, 9.17) is 9.84 Å². The van der Waals surface area contributed by atoms with Gasteiger partial charge in [0.1, 0.15) is 6.54 Å². The third-order valence-corrected chi connectivity index (χ3v) is 1.81. The molecule has 0 aromatic heterocycles. The first kappa shape index (κ1) is 12.8. The van der Waals surface area contributed by atoms with E-state index in [1.165, 1.54) is 19.2 Å². The number of methoxy groups -OCH3 is 1. The van der Waals surface area contributed by atoms with Crippen LogP contribution in [0.15, 0.2) is 18.2 Å². The molecule has 0 fully saturated rings. The van der Waals surface area contributed by atoms with Crippen LogP contribution in [0.2, 0.25) is 0 Å². The van der Waals surface area contributed by atoms with E-state index in [1.807, 2.05) is 0 Å². The van der Waals surface area contributed by atoms with Crippen LogP contribution in [0.1, 0.15) is 0 Å². The fraction of sp³-hybridized carbons (Fsp3) is 0.200. The maximum atomic E-state index is 13.0. The third kappa shape index (κ3) is 3.98. The largest absolute Gasteiger partial charge is 0.494 e. The number of hydrogen-bond donors (Lipinski definition) is 3. The second-order valence-electron chi connectivity index (χ2n) is 3.05. The average molecular weight is 242 g/mol. The highest BCUT2D eigenvalue weighted by Gasteiger charge is 2.07. The van der Waals surface area contributed by atoms with E-state index < -0.39 is 24.4 Å². The van der Waals surface area contributed by atoms with Gasteiger partial charge in [0.15, 0.2) is 11.6 Å². The Labute approximate surface area is 96.4 Å². The minimum atomic E-state index is -1.16. The van der Waals surface area contributed by atoms with Crippen molar-refractivity contribution in [2.45, 2.75) is 0 Å². The highest BCUT2D eigenvalue weighted by molar-refractivity contribution is 5.91. The van der Waals surface area contributed by atoms with Crippen LogP contribution < -0.4 is 15.4 Å². The number of carboxylic acids is 1. The Morgan fingerprint density at radius 2 is 2.18 bits per heavy atom. The summed E-state index contributed by atoms with van der Waals surface area (Å²) in [5, 5.41) is 12.8. The third-order valence-electron chi connectivity index (χ3n) is 1.81. The van der Waals surface area contributed by atoms with Gasteiger partial charge in [-0.15, -0.1) is 0 Å². The van der Waals surface area contributed by atoms with Crippen molar-refractivity contribution in [1.29, 1.82) is 0 Å². The molecule has 1 rings (SSSR count). The van der Waals surface area contributed by atoms with Gasteiger partial charge >= 0.3 is 12.0 Å². The van der Waals surface area contributed by atoms with Gasteiger partial charge in [-0.05, 0) is 12.1 Å². The minimum absolute atomic E-state index is 0.0129. The lowest BCUT2D eigenvalue weighted by Crippen LogP contribution is -2.33. The molecular weight excluding hydrogens is 231 g/mol. The zero-order valence-corrected chi connectivity index (χ0v) is 8.99. The van der Waals surface area contributed by atoms with Crippen molar-refractivity contribution in [3.63, 3.8) is 0 Å². The molecule has 1 aromatic carbocycles. The summed E-state index contributed by atoms with van der Waals surface area (Å²) in [6.07, 6.45) is 0. The van der Waals surface area contributed by atoms with E-state index in [2.05, 4.69) is 10.6 Å². The lowest BCUT2D eigenvalue weighted by Gasteiger charge is -2.08. The van der Waals surface area contributed by atoms with Crippen LogP contribution in [0.5, 0.6) is 5.75 Å². The van der Waals surface area contributed by atoms with Crippen LogP contribution in [-0.4, -0.2) is 30.8 Å². The monoisotopic (exact) mass is 242 g/mol. The van der Waals surface area contributed by atoms with E-state index in [0.717, 1.165) is 6.07 Å². The second kappa shape index (κ2) is 5.69. The van der Waals surface area contributed by atoms with Gasteiger partial charge in [-0.2, -0.15) is 0 Å². The highest BCUT2D eigenvalue weighted by Crippen LogP contribution is 2.21. The number of carbonyl (C=O) groups is 2. The van der Waals surface area contributed by atoms with E-state index in [1.54, 1.807) is 0 Å². The molecule has 0 atom stereocenters. The molecule has 6 nitrogen and oxygen atoms in total. The molecule has 0 saturated carbocycles. The maximum Gasteiger partial charge on any atom is 0.323 e. The predicted octanol–water partition coefficient (Wildman–Crippen LogP) is 1.04. The fourth-order valence-electron chi connectivity index (χ4n) is 1.07. The number of carboxylic acid groups (broad SMARTS) is 1. The van der Waals surface area contributed by atoms with Crippen molar-refractivity contribution < 1.29 is 23.8 Å². The van der Waals surface area contributed by atoms with Gasteiger partial charge < -0.3 is 20.5 Å². The van der Waals surface area contributed by atoms with Crippen molar-refractivity contribution >= 4 is 17.7 Å². The smallest absolute Gasteiger partial charge is 0.323 e. The molecule has 0 unspecified atom stereocenters. The van der Waals surface area contributed by atoms with E-state index in [-0.39, 0.29) is 5.75 Å². The first-order chi connectivity index (χ1) is 8.02. The van der Waals surface area contributed by atoms with Gasteiger partial charge in [-0.25, -0.2) is 9.18 Å². The predicted molar refractivity (Wildman–Crippen MR) is 57.6 cm³/mol.